The minimum Gasteiger partial charge on any atom is -0.478 e. The number of carbonyl (C=O) groups excluding carboxylic acids is 1. The summed E-state index contributed by atoms with van der Waals surface area (Å²) in [5.41, 5.74) is 0.970. The van der Waals surface area contributed by atoms with E-state index in [2.05, 4.69) is 4.98 Å². The van der Waals surface area contributed by atoms with E-state index in [1.54, 1.807) is 12.3 Å². The van der Waals surface area contributed by atoms with Crippen LogP contribution in [0.3, 0.4) is 0 Å². The van der Waals surface area contributed by atoms with Gasteiger partial charge in [-0.15, -0.1) is 11.3 Å². The van der Waals surface area contributed by atoms with Crippen LogP contribution in [-0.2, 0) is 0 Å². The second-order valence-electron chi connectivity index (χ2n) is 4.28. The van der Waals surface area contributed by atoms with Crippen molar-refractivity contribution in [1.82, 2.24) is 4.98 Å². The number of carbonyl (C=O) groups is 2. The summed E-state index contributed by atoms with van der Waals surface area (Å²) in [7, 11) is 0. The molecule has 6 nitrogen and oxygen atoms in total. The summed E-state index contributed by atoms with van der Waals surface area (Å²) in [5.74, 6) is -1.35. The maximum atomic E-state index is 12.4. The number of aliphatic hydroxyl groups excluding tert-OH is 1. The van der Waals surface area contributed by atoms with Gasteiger partial charge in [0.2, 0.25) is 0 Å². The Morgan fingerprint density at radius 3 is 2.43 bits per heavy atom. The van der Waals surface area contributed by atoms with Crippen LogP contribution in [0.2, 0.25) is 0 Å². The molecule has 0 radical (unpaired) electrons. The first-order chi connectivity index (χ1) is 10.0. The van der Waals surface area contributed by atoms with Gasteiger partial charge in [0.05, 0.1) is 17.2 Å². The van der Waals surface area contributed by atoms with Gasteiger partial charge in [0.1, 0.15) is 5.69 Å². The summed E-state index contributed by atoms with van der Waals surface area (Å²) >= 11 is 1.37. The highest BCUT2D eigenvalue weighted by molar-refractivity contribution is 7.09. The number of benzene rings is 1. The van der Waals surface area contributed by atoms with Gasteiger partial charge in [-0.05, 0) is 31.2 Å². The average molecular weight is 306 g/mol. The lowest BCUT2D eigenvalue weighted by atomic mass is 10.2. The van der Waals surface area contributed by atoms with Crippen molar-refractivity contribution in [3.63, 3.8) is 0 Å². The van der Waals surface area contributed by atoms with Gasteiger partial charge in [0, 0.05) is 17.6 Å². The Kier molecular flexibility index (Phi) is 4.66. The number of anilines is 1. The maximum Gasteiger partial charge on any atom is 0.335 e. The number of carboxylic acid groups (broad SMARTS) is 1. The van der Waals surface area contributed by atoms with Crippen LogP contribution in [0.4, 0.5) is 5.69 Å². The molecule has 0 aliphatic heterocycles. The SMILES string of the molecule is Cc1nc(C(=O)N(CCO)c2ccc(C(=O)O)cc2)cs1. The molecule has 2 N–H and O–H groups in total. The molecule has 0 aliphatic carbocycles. The number of aliphatic hydroxyl groups is 1. The highest BCUT2D eigenvalue weighted by atomic mass is 32.1. The van der Waals surface area contributed by atoms with Crippen molar-refractivity contribution in [3.8, 4) is 0 Å². The Balaban J connectivity index is 2.29. The lowest BCUT2D eigenvalue weighted by Gasteiger charge is -2.21. The van der Waals surface area contributed by atoms with Gasteiger partial charge in [0.25, 0.3) is 5.91 Å². The van der Waals surface area contributed by atoms with E-state index in [0.29, 0.717) is 11.4 Å². The van der Waals surface area contributed by atoms with E-state index < -0.39 is 5.97 Å². The molecule has 21 heavy (non-hydrogen) atoms. The van der Waals surface area contributed by atoms with Crippen LogP contribution >= 0.6 is 11.3 Å². The van der Waals surface area contributed by atoms with Gasteiger partial charge in [-0.2, -0.15) is 0 Å². The Morgan fingerprint density at radius 1 is 1.29 bits per heavy atom. The zero-order chi connectivity index (χ0) is 15.4. The van der Waals surface area contributed by atoms with E-state index in [0.717, 1.165) is 5.01 Å². The number of aryl methyl sites for hydroxylation is 1. The van der Waals surface area contributed by atoms with Crippen LogP contribution in [-0.4, -0.2) is 40.2 Å². The van der Waals surface area contributed by atoms with E-state index in [1.165, 1.54) is 40.5 Å². The molecule has 0 fully saturated rings. The van der Waals surface area contributed by atoms with Crippen molar-refractivity contribution in [2.24, 2.45) is 0 Å². The molecule has 0 spiro atoms. The minimum atomic E-state index is -1.03. The summed E-state index contributed by atoms with van der Waals surface area (Å²) in [6, 6.07) is 5.91. The molecule has 0 saturated carbocycles. The molecule has 1 aromatic heterocycles. The number of hydrogen-bond acceptors (Lipinski definition) is 5. The Morgan fingerprint density at radius 2 is 1.95 bits per heavy atom. The molecule has 0 bridgehead atoms. The zero-order valence-electron chi connectivity index (χ0n) is 11.3. The monoisotopic (exact) mass is 306 g/mol. The molecule has 7 heteroatoms. The fraction of sp³-hybridized carbons (Fsp3) is 0.214. The summed E-state index contributed by atoms with van der Waals surface area (Å²) in [6.45, 7) is 1.72. The molecule has 0 unspecified atom stereocenters. The van der Waals surface area contributed by atoms with E-state index in [4.69, 9.17) is 10.2 Å². The van der Waals surface area contributed by atoms with Crippen molar-refractivity contribution in [1.29, 1.82) is 0 Å². The molecule has 110 valence electrons. The van der Waals surface area contributed by atoms with Gasteiger partial charge < -0.3 is 15.1 Å². The summed E-state index contributed by atoms with van der Waals surface area (Å²) in [4.78, 5) is 28.8. The molecular formula is C14H14N2O4S. The van der Waals surface area contributed by atoms with Gasteiger partial charge >= 0.3 is 5.97 Å². The summed E-state index contributed by atoms with van der Waals surface area (Å²) in [6.07, 6.45) is 0. The predicted octanol–water partition coefficient (Wildman–Crippen LogP) is 1.79. The smallest absolute Gasteiger partial charge is 0.335 e. The van der Waals surface area contributed by atoms with Crippen LogP contribution in [0.1, 0.15) is 25.9 Å². The Hall–Kier alpha value is -2.25. The molecule has 0 aliphatic rings. The molecule has 1 aromatic carbocycles. The standard InChI is InChI=1S/C14H14N2O4S/c1-9-15-12(8-21-9)13(18)16(6-7-17)11-4-2-10(3-5-11)14(19)20/h2-5,8,17H,6-7H2,1H3,(H,19,20). The molecule has 0 atom stereocenters. The molecule has 1 amide bonds. The Bertz CT molecular complexity index is 651. The quantitative estimate of drug-likeness (QED) is 0.879. The molecule has 2 aromatic rings. The first-order valence-electron chi connectivity index (χ1n) is 6.21. The molecule has 1 heterocycles. The minimum absolute atomic E-state index is 0.113. The third kappa shape index (κ3) is 3.45. The van der Waals surface area contributed by atoms with Crippen LogP contribution in [0.5, 0.6) is 0 Å². The van der Waals surface area contributed by atoms with Crippen molar-refractivity contribution >= 4 is 28.9 Å². The number of rotatable bonds is 5. The molecule has 0 saturated heterocycles. The van der Waals surface area contributed by atoms with Crippen molar-refractivity contribution in [3.05, 3.63) is 45.9 Å². The van der Waals surface area contributed by atoms with Crippen LogP contribution in [0.25, 0.3) is 0 Å². The van der Waals surface area contributed by atoms with Crippen molar-refractivity contribution in [2.45, 2.75) is 6.92 Å². The van der Waals surface area contributed by atoms with Crippen molar-refractivity contribution < 1.29 is 19.8 Å². The fourth-order valence-corrected chi connectivity index (χ4v) is 2.42. The van der Waals surface area contributed by atoms with E-state index in [9.17, 15) is 9.59 Å². The number of thiazole rings is 1. The zero-order valence-corrected chi connectivity index (χ0v) is 12.1. The van der Waals surface area contributed by atoms with Crippen LogP contribution < -0.4 is 4.90 Å². The third-order valence-electron chi connectivity index (χ3n) is 2.83. The van der Waals surface area contributed by atoms with Crippen LogP contribution in [0.15, 0.2) is 29.6 Å². The normalized spacial score (nSPS) is 10.4. The largest absolute Gasteiger partial charge is 0.478 e. The van der Waals surface area contributed by atoms with E-state index in [-0.39, 0.29) is 24.6 Å². The number of aromatic carboxylic acids is 1. The lowest BCUT2D eigenvalue weighted by Crippen LogP contribution is -2.33. The third-order valence-corrected chi connectivity index (χ3v) is 3.61. The molecule has 2 rings (SSSR count). The van der Waals surface area contributed by atoms with Gasteiger partial charge in [0.15, 0.2) is 0 Å². The number of carboxylic acids is 1. The fourth-order valence-electron chi connectivity index (χ4n) is 1.83. The highest BCUT2D eigenvalue weighted by Crippen LogP contribution is 2.19. The second kappa shape index (κ2) is 6.47. The number of amides is 1. The first kappa shape index (κ1) is 15.1. The predicted molar refractivity (Wildman–Crippen MR) is 79.0 cm³/mol. The van der Waals surface area contributed by atoms with E-state index in [1.807, 2.05) is 0 Å². The summed E-state index contributed by atoms with van der Waals surface area (Å²) < 4.78 is 0. The first-order valence-corrected chi connectivity index (χ1v) is 7.09. The number of nitrogens with zero attached hydrogens (tertiary/aromatic N) is 2. The highest BCUT2D eigenvalue weighted by Gasteiger charge is 2.19. The van der Waals surface area contributed by atoms with E-state index >= 15 is 0 Å². The Labute approximate surface area is 125 Å². The van der Waals surface area contributed by atoms with Crippen molar-refractivity contribution in [2.75, 3.05) is 18.1 Å². The van der Waals surface area contributed by atoms with Gasteiger partial charge in [-0.3, -0.25) is 4.79 Å². The second-order valence-corrected chi connectivity index (χ2v) is 5.35. The average Bonchev–Trinajstić information content (AvgIpc) is 2.91. The maximum absolute atomic E-state index is 12.4. The number of aromatic nitrogens is 1. The molecular weight excluding hydrogens is 292 g/mol. The van der Waals surface area contributed by atoms with Gasteiger partial charge in [-0.25, -0.2) is 9.78 Å². The lowest BCUT2D eigenvalue weighted by molar-refractivity contribution is 0.0696. The topological polar surface area (TPSA) is 90.7 Å². The van der Waals surface area contributed by atoms with Gasteiger partial charge in [-0.1, -0.05) is 0 Å². The van der Waals surface area contributed by atoms with Crippen LogP contribution in [0, 0.1) is 6.92 Å². The summed E-state index contributed by atoms with van der Waals surface area (Å²) in [5, 5.41) is 20.5. The number of hydrogen-bond donors (Lipinski definition) is 2.